The molecule has 6 heteroatoms. The maximum absolute atomic E-state index is 13.5. The molecule has 0 aliphatic rings. The Bertz CT molecular complexity index is 501. The highest BCUT2D eigenvalue weighted by Crippen LogP contribution is 2.14. The van der Waals surface area contributed by atoms with Crippen LogP contribution in [0.15, 0.2) is 12.1 Å². The number of nitrogens with zero attached hydrogens (tertiary/aromatic N) is 1. The topological polar surface area (TPSA) is 64.9 Å². The van der Waals surface area contributed by atoms with Crippen LogP contribution in [0.3, 0.4) is 0 Å². The van der Waals surface area contributed by atoms with Crippen molar-refractivity contribution in [3.05, 3.63) is 34.9 Å². The van der Waals surface area contributed by atoms with E-state index in [1.807, 2.05) is 13.8 Å². The van der Waals surface area contributed by atoms with Crippen molar-refractivity contribution in [2.45, 2.75) is 32.9 Å². The second-order valence-electron chi connectivity index (χ2n) is 4.68. The molecule has 0 heterocycles. The number of nitriles is 1. The molecule has 0 radical (unpaired) electrons. The van der Waals surface area contributed by atoms with E-state index < -0.39 is 11.6 Å². The normalized spacial score (nSPS) is 10.4. The number of hydrogen-bond acceptors (Lipinski definition) is 3. The number of rotatable bonds is 6. The number of carbonyl (C=O) groups is 1. The van der Waals surface area contributed by atoms with Gasteiger partial charge in [0.1, 0.15) is 11.6 Å². The highest BCUT2D eigenvalue weighted by atomic mass is 19.1. The molecule has 1 aromatic rings. The van der Waals surface area contributed by atoms with Crippen molar-refractivity contribution < 1.29 is 13.6 Å². The van der Waals surface area contributed by atoms with E-state index in [1.165, 1.54) is 0 Å². The lowest BCUT2D eigenvalue weighted by molar-refractivity contribution is -0.121. The third kappa shape index (κ3) is 4.94. The van der Waals surface area contributed by atoms with Crippen molar-refractivity contribution in [1.82, 2.24) is 10.6 Å². The van der Waals surface area contributed by atoms with Gasteiger partial charge in [0.15, 0.2) is 0 Å². The molecule has 0 atom stereocenters. The van der Waals surface area contributed by atoms with Gasteiger partial charge < -0.3 is 10.6 Å². The average molecular weight is 281 g/mol. The standard InChI is InChI=1S/C14H17F2N3O/c1-9(2)19-14(20)3-4-18-8-11-12(15)5-10(7-17)6-13(11)16/h5-6,9,18H,3-4,8H2,1-2H3,(H,19,20). The molecule has 0 aromatic heterocycles. The average Bonchev–Trinajstić information content (AvgIpc) is 2.35. The van der Waals surface area contributed by atoms with Crippen LogP contribution in [0.2, 0.25) is 0 Å². The largest absolute Gasteiger partial charge is 0.354 e. The van der Waals surface area contributed by atoms with Crippen molar-refractivity contribution in [1.29, 1.82) is 5.26 Å². The van der Waals surface area contributed by atoms with E-state index in [-0.39, 0.29) is 36.0 Å². The molecule has 0 unspecified atom stereocenters. The van der Waals surface area contributed by atoms with Gasteiger partial charge in [-0.05, 0) is 26.0 Å². The number of amides is 1. The van der Waals surface area contributed by atoms with Crippen molar-refractivity contribution in [3.8, 4) is 6.07 Å². The molecule has 2 N–H and O–H groups in total. The summed E-state index contributed by atoms with van der Waals surface area (Å²) in [5.41, 5.74) is -0.187. The minimum absolute atomic E-state index is 0.0294. The fraction of sp³-hybridized carbons (Fsp3) is 0.429. The molecule has 0 spiro atoms. The Morgan fingerprint density at radius 1 is 1.35 bits per heavy atom. The van der Waals surface area contributed by atoms with Crippen LogP contribution >= 0.6 is 0 Å². The fourth-order valence-corrected chi connectivity index (χ4v) is 1.65. The minimum atomic E-state index is -0.763. The molecular weight excluding hydrogens is 264 g/mol. The Morgan fingerprint density at radius 3 is 2.45 bits per heavy atom. The number of benzene rings is 1. The van der Waals surface area contributed by atoms with Gasteiger partial charge in [0.05, 0.1) is 11.6 Å². The van der Waals surface area contributed by atoms with Crippen LogP contribution in [-0.4, -0.2) is 18.5 Å². The Kier molecular flexibility index (Phi) is 6.07. The van der Waals surface area contributed by atoms with Gasteiger partial charge in [0, 0.05) is 31.1 Å². The smallest absolute Gasteiger partial charge is 0.221 e. The van der Waals surface area contributed by atoms with E-state index in [9.17, 15) is 13.6 Å². The zero-order valence-corrected chi connectivity index (χ0v) is 11.5. The van der Waals surface area contributed by atoms with Crippen molar-refractivity contribution in [3.63, 3.8) is 0 Å². The lowest BCUT2D eigenvalue weighted by Gasteiger charge is -2.10. The molecule has 1 amide bonds. The van der Waals surface area contributed by atoms with Gasteiger partial charge in [0.25, 0.3) is 0 Å². The number of halogens is 2. The summed E-state index contributed by atoms with van der Waals surface area (Å²) in [6.45, 7) is 4.00. The lowest BCUT2D eigenvalue weighted by atomic mass is 10.1. The van der Waals surface area contributed by atoms with Crippen LogP contribution in [0.5, 0.6) is 0 Å². The summed E-state index contributed by atoms with van der Waals surface area (Å²) < 4.78 is 27.1. The van der Waals surface area contributed by atoms with Crippen LogP contribution in [0.4, 0.5) is 8.78 Å². The van der Waals surface area contributed by atoms with Gasteiger partial charge in [-0.15, -0.1) is 0 Å². The second kappa shape index (κ2) is 7.56. The van der Waals surface area contributed by atoms with E-state index in [0.29, 0.717) is 6.54 Å². The van der Waals surface area contributed by atoms with E-state index in [1.54, 1.807) is 6.07 Å². The Morgan fingerprint density at radius 2 is 1.95 bits per heavy atom. The maximum Gasteiger partial charge on any atom is 0.221 e. The van der Waals surface area contributed by atoms with Crippen LogP contribution in [-0.2, 0) is 11.3 Å². The van der Waals surface area contributed by atoms with Crippen LogP contribution in [0.1, 0.15) is 31.4 Å². The zero-order valence-electron chi connectivity index (χ0n) is 11.5. The first-order valence-electron chi connectivity index (χ1n) is 6.32. The van der Waals surface area contributed by atoms with Gasteiger partial charge in [-0.3, -0.25) is 4.79 Å². The lowest BCUT2D eigenvalue weighted by Crippen LogP contribution is -2.32. The zero-order chi connectivity index (χ0) is 15.1. The Balaban J connectivity index is 2.47. The molecule has 0 aliphatic heterocycles. The third-order valence-corrected chi connectivity index (χ3v) is 2.55. The molecule has 1 rings (SSSR count). The first-order valence-corrected chi connectivity index (χ1v) is 6.32. The molecular formula is C14H17F2N3O. The van der Waals surface area contributed by atoms with Crippen LogP contribution < -0.4 is 10.6 Å². The van der Waals surface area contributed by atoms with Crippen molar-refractivity contribution in [2.24, 2.45) is 0 Å². The highest BCUT2D eigenvalue weighted by Gasteiger charge is 2.11. The van der Waals surface area contributed by atoms with E-state index in [0.717, 1.165) is 12.1 Å². The summed E-state index contributed by atoms with van der Waals surface area (Å²) in [6.07, 6.45) is 0.234. The van der Waals surface area contributed by atoms with Crippen LogP contribution in [0.25, 0.3) is 0 Å². The second-order valence-corrected chi connectivity index (χ2v) is 4.68. The summed E-state index contributed by atoms with van der Waals surface area (Å²) in [5.74, 6) is -1.64. The number of nitrogens with one attached hydrogen (secondary N) is 2. The number of carbonyl (C=O) groups excluding carboxylic acids is 1. The molecule has 20 heavy (non-hydrogen) atoms. The van der Waals surface area contributed by atoms with Gasteiger partial charge in [-0.1, -0.05) is 0 Å². The van der Waals surface area contributed by atoms with Crippen molar-refractivity contribution in [2.75, 3.05) is 6.54 Å². The fourth-order valence-electron chi connectivity index (χ4n) is 1.65. The van der Waals surface area contributed by atoms with Gasteiger partial charge in [0.2, 0.25) is 5.91 Å². The summed E-state index contributed by atoms with van der Waals surface area (Å²) in [4.78, 5) is 11.3. The van der Waals surface area contributed by atoms with E-state index in [4.69, 9.17) is 5.26 Å². The number of hydrogen-bond donors (Lipinski definition) is 2. The predicted octanol–water partition coefficient (Wildman–Crippen LogP) is 1.84. The summed E-state index contributed by atoms with van der Waals surface area (Å²) in [7, 11) is 0. The summed E-state index contributed by atoms with van der Waals surface area (Å²) >= 11 is 0. The van der Waals surface area contributed by atoms with Crippen LogP contribution in [0, 0.1) is 23.0 Å². The van der Waals surface area contributed by atoms with Gasteiger partial charge >= 0.3 is 0 Å². The SMILES string of the molecule is CC(C)NC(=O)CCNCc1c(F)cc(C#N)cc1F. The quantitative estimate of drug-likeness (QED) is 0.782. The first-order chi connectivity index (χ1) is 9.43. The molecule has 1 aromatic carbocycles. The highest BCUT2D eigenvalue weighted by molar-refractivity contribution is 5.76. The monoisotopic (exact) mass is 281 g/mol. The molecule has 0 saturated carbocycles. The molecule has 0 fully saturated rings. The van der Waals surface area contributed by atoms with Gasteiger partial charge in [-0.2, -0.15) is 5.26 Å². The predicted molar refractivity (Wildman–Crippen MR) is 70.7 cm³/mol. The maximum atomic E-state index is 13.5. The van der Waals surface area contributed by atoms with E-state index >= 15 is 0 Å². The summed E-state index contributed by atoms with van der Waals surface area (Å²) in [6, 6.07) is 3.73. The Labute approximate surface area is 116 Å². The van der Waals surface area contributed by atoms with E-state index in [2.05, 4.69) is 10.6 Å². The molecule has 0 aliphatic carbocycles. The molecule has 108 valence electrons. The van der Waals surface area contributed by atoms with Crippen molar-refractivity contribution >= 4 is 5.91 Å². The summed E-state index contributed by atoms with van der Waals surface area (Å²) in [5, 5.41) is 14.1. The first kappa shape index (κ1) is 16.1. The third-order valence-electron chi connectivity index (χ3n) is 2.55. The molecule has 0 saturated heterocycles. The molecule has 4 nitrogen and oxygen atoms in total. The molecule has 0 bridgehead atoms. The van der Waals surface area contributed by atoms with Gasteiger partial charge in [-0.25, -0.2) is 8.78 Å². The Hall–Kier alpha value is -2.00. The minimum Gasteiger partial charge on any atom is -0.354 e.